The minimum atomic E-state index is 0.255. The van der Waals surface area contributed by atoms with Gasteiger partial charge in [-0.1, -0.05) is 35.0 Å². The molecule has 102 valence electrons. The average molecular weight is 306 g/mol. The zero-order valence-electron chi connectivity index (χ0n) is 10.9. The molecule has 0 unspecified atom stereocenters. The van der Waals surface area contributed by atoms with Crippen molar-refractivity contribution in [2.75, 3.05) is 12.3 Å². The number of nitrogen functional groups attached to an aromatic ring is 1. The number of hydrogen-bond acceptors (Lipinski definition) is 2. The van der Waals surface area contributed by atoms with E-state index >= 15 is 0 Å². The lowest BCUT2D eigenvalue weighted by atomic mass is 10.1. The average Bonchev–Trinajstić information content (AvgIpc) is 2.40. The number of rotatable bonds is 2. The van der Waals surface area contributed by atoms with Gasteiger partial charge >= 0.3 is 0 Å². The Morgan fingerprint density at radius 2 is 1.95 bits per heavy atom. The fourth-order valence-corrected chi connectivity index (χ4v) is 2.06. The number of nitrogens with two attached hydrogens (primary N) is 1. The summed E-state index contributed by atoms with van der Waals surface area (Å²) in [6, 6.07) is 10.7. The lowest BCUT2D eigenvalue weighted by molar-refractivity contribution is 0.370. The molecule has 0 spiro atoms. The number of halogens is 2. The van der Waals surface area contributed by atoms with E-state index in [2.05, 4.69) is 11.8 Å². The predicted octanol–water partition coefficient (Wildman–Crippen LogP) is 4.31. The van der Waals surface area contributed by atoms with Crippen LogP contribution in [0.2, 0.25) is 10.0 Å². The molecule has 2 aromatic rings. The van der Waals surface area contributed by atoms with E-state index < -0.39 is 0 Å². The molecule has 2 nitrogen and oxygen atoms in total. The molecule has 2 aromatic carbocycles. The van der Waals surface area contributed by atoms with Gasteiger partial charge in [-0.15, -0.1) is 0 Å². The summed E-state index contributed by atoms with van der Waals surface area (Å²) < 4.78 is 5.48. The minimum Gasteiger partial charge on any atom is -0.479 e. The molecule has 0 aliphatic rings. The first kappa shape index (κ1) is 14.6. The van der Waals surface area contributed by atoms with E-state index in [1.807, 2.05) is 25.1 Å². The number of ether oxygens (including phenoxy) is 1. The Labute approximate surface area is 128 Å². The van der Waals surface area contributed by atoms with E-state index in [1.54, 1.807) is 18.2 Å². The second-order valence-electron chi connectivity index (χ2n) is 4.24. The lowest BCUT2D eigenvalue weighted by Gasteiger charge is -2.04. The van der Waals surface area contributed by atoms with E-state index in [1.165, 1.54) is 0 Å². The van der Waals surface area contributed by atoms with Crippen molar-refractivity contribution in [1.29, 1.82) is 0 Å². The summed E-state index contributed by atoms with van der Waals surface area (Å²) in [6.45, 7) is 2.20. The van der Waals surface area contributed by atoms with Gasteiger partial charge in [-0.25, -0.2) is 0 Å². The van der Waals surface area contributed by atoms with Crippen molar-refractivity contribution in [3.8, 4) is 17.6 Å². The summed E-state index contributed by atoms with van der Waals surface area (Å²) >= 11 is 11.8. The van der Waals surface area contributed by atoms with Gasteiger partial charge in [-0.05, 0) is 48.9 Å². The molecule has 0 bridgehead atoms. The molecule has 0 saturated carbocycles. The van der Waals surface area contributed by atoms with E-state index in [0.29, 0.717) is 15.8 Å². The van der Waals surface area contributed by atoms with E-state index in [0.717, 1.165) is 16.8 Å². The molecule has 0 saturated heterocycles. The molecule has 0 fully saturated rings. The molecule has 0 radical (unpaired) electrons. The van der Waals surface area contributed by atoms with Crippen LogP contribution in [0.1, 0.15) is 11.1 Å². The topological polar surface area (TPSA) is 35.2 Å². The van der Waals surface area contributed by atoms with Gasteiger partial charge in [-0.2, -0.15) is 0 Å². The Morgan fingerprint density at radius 1 is 1.15 bits per heavy atom. The quantitative estimate of drug-likeness (QED) is 0.662. The second-order valence-corrected chi connectivity index (χ2v) is 5.08. The number of aryl methyl sites for hydroxylation is 1. The maximum Gasteiger partial charge on any atom is 0.149 e. The summed E-state index contributed by atoms with van der Waals surface area (Å²) in [7, 11) is 0. The third-order valence-corrected chi connectivity index (χ3v) is 3.23. The maximum atomic E-state index is 5.99. The van der Waals surface area contributed by atoms with Crippen molar-refractivity contribution in [2.45, 2.75) is 6.92 Å². The standard InChI is InChI=1S/C16H13Cl2NO/c1-11-9-12(4-6-15(11)19)3-2-8-20-16-7-5-13(17)10-14(16)18/h4-7,9-10H,8,19H2,1H3. The summed E-state index contributed by atoms with van der Waals surface area (Å²) in [6.07, 6.45) is 0. The second kappa shape index (κ2) is 6.56. The lowest BCUT2D eigenvalue weighted by Crippen LogP contribution is -1.95. The summed E-state index contributed by atoms with van der Waals surface area (Å²) in [5.74, 6) is 6.52. The molecule has 0 heterocycles. The van der Waals surface area contributed by atoms with Crippen molar-refractivity contribution < 1.29 is 4.74 Å². The highest BCUT2D eigenvalue weighted by molar-refractivity contribution is 6.35. The van der Waals surface area contributed by atoms with Gasteiger partial charge in [0.2, 0.25) is 0 Å². The van der Waals surface area contributed by atoms with Gasteiger partial charge < -0.3 is 10.5 Å². The predicted molar refractivity (Wildman–Crippen MR) is 84.4 cm³/mol. The van der Waals surface area contributed by atoms with Crippen molar-refractivity contribution in [1.82, 2.24) is 0 Å². The molecule has 0 amide bonds. The molecular formula is C16H13Cl2NO. The molecule has 0 aromatic heterocycles. The molecule has 0 aliphatic heterocycles. The van der Waals surface area contributed by atoms with Crippen LogP contribution in [0, 0.1) is 18.8 Å². The summed E-state index contributed by atoms with van der Waals surface area (Å²) in [4.78, 5) is 0. The van der Waals surface area contributed by atoms with E-state index in [4.69, 9.17) is 33.7 Å². The smallest absolute Gasteiger partial charge is 0.149 e. The Morgan fingerprint density at radius 3 is 2.65 bits per heavy atom. The Balaban J connectivity index is 1.99. The van der Waals surface area contributed by atoms with Crippen LogP contribution in [0.5, 0.6) is 5.75 Å². The molecule has 0 aliphatic carbocycles. The van der Waals surface area contributed by atoms with Crippen molar-refractivity contribution >= 4 is 28.9 Å². The maximum absolute atomic E-state index is 5.99. The minimum absolute atomic E-state index is 0.255. The van der Waals surface area contributed by atoms with Crippen LogP contribution in [0.4, 0.5) is 5.69 Å². The van der Waals surface area contributed by atoms with Crippen LogP contribution in [-0.2, 0) is 0 Å². The largest absolute Gasteiger partial charge is 0.479 e. The summed E-state index contributed by atoms with van der Waals surface area (Å²) in [5.41, 5.74) is 8.43. The highest BCUT2D eigenvalue weighted by Crippen LogP contribution is 2.27. The number of hydrogen-bond donors (Lipinski definition) is 1. The number of benzene rings is 2. The van der Waals surface area contributed by atoms with Crippen molar-refractivity contribution in [3.05, 3.63) is 57.6 Å². The summed E-state index contributed by atoms with van der Waals surface area (Å²) in [5, 5.41) is 1.05. The van der Waals surface area contributed by atoms with Crippen LogP contribution in [0.3, 0.4) is 0 Å². The molecule has 4 heteroatoms. The fourth-order valence-electron chi connectivity index (χ4n) is 1.60. The first-order chi connectivity index (χ1) is 9.56. The first-order valence-electron chi connectivity index (χ1n) is 5.99. The van der Waals surface area contributed by atoms with Gasteiger partial charge in [0.05, 0.1) is 5.02 Å². The molecular weight excluding hydrogens is 293 g/mol. The molecule has 2 rings (SSSR count). The monoisotopic (exact) mass is 305 g/mol. The van der Waals surface area contributed by atoms with Crippen LogP contribution in [0.25, 0.3) is 0 Å². The highest BCUT2D eigenvalue weighted by atomic mass is 35.5. The highest BCUT2D eigenvalue weighted by Gasteiger charge is 2.00. The zero-order valence-corrected chi connectivity index (χ0v) is 12.4. The molecule has 0 atom stereocenters. The molecule has 2 N–H and O–H groups in total. The van der Waals surface area contributed by atoms with Crippen LogP contribution in [0.15, 0.2) is 36.4 Å². The van der Waals surface area contributed by atoms with Gasteiger partial charge in [0.25, 0.3) is 0 Å². The fraction of sp³-hybridized carbons (Fsp3) is 0.125. The van der Waals surface area contributed by atoms with Crippen molar-refractivity contribution in [2.24, 2.45) is 0 Å². The van der Waals surface area contributed by atoms with Crippen LogP contribution in [-0.4, -0.2) is 6.61 Å². The number of anilines is 1. The van der Waals surface area contributed by atoms with Crippen molar-refractivity contribution in [3.63, 3.8) is 0 Å². The van der Waals surface area contributed by atoms with Gasteiger partial charge in [0, 0.05) is 16.3 Å². The van der Waals surface area contributed by atoms with Gasteiger partial charge in [0.15, 0.2) is 0 Å². The third kappa shape index (κ3) is 3.84. The first-order valence-corrected chi connectivity index (χ1v) is 6.74. The SMILES string of the molecule is Cc1cc(C#CCOc2ccc(Cl)cc2Cl)ccc1N. The van der Waals surface area contributed by atoms with E-state index in [9.17, 15) is 0 Å². The zero-order chi connectivity index (χ0) is 14.5. The Kier molecular flexibility index (Phi) is 4.79. The Hall–Kier alpha value is -1.82. The van der Waals surface area contributed by atoms with Crippen LogP contribution < -0.4 is 10.5 Å². The van der Waals surface area contributed by atoms with E-state index in [-0.39, 0.29) is 6.61 Å². The van der Waals surface area contributed by atoms with Gasteiger partial charge in [-0.3, -0.25) is 0 Å². The normalized spacial score (nSPS) is 9.75. The third-order valence-electron chi connectivity index (χ3n) is 2.70. The van der Waals surface area contributed by atoms with Crippen LogP contribution >= 0.6 is 23.2 Å². The molecule has 20 heavy (non-hydrogen) atoms. The Bertz CT molecular complexity index is 687. The van der Waals surface area contributed by atoms with Gasteiger partial charge in [0.1, 0.15) is 12.4 Å².